The molecule has 1 radical (unpaired) electrons. The number of nitrogen functional groups attached to an aromatic ring is 1. The van der Waals surface area contributed by atoms with Crippen LogP contribution in [0.4, 0.5) is 5.95 Å². The van der Waals surface area contributed by atoms with Crippen molar-refractivity contribution < 1.29 is 31.7 Å². The molecule has 0 amide bonds. The Kier molecular flexibility index (Phi) is 16.1. The van der Waals surface area contributed by atoms with E-state index in [1.807, 2.05) is 38.1 Å². The Labute approximate surface area is 288 Å². The Bertz CT molecular complexity index is 1700. The predicted octanol–water partition coefficient (Wildman–Crippen LogP) is 6.84. The molecule has 0 aliphatic carbocycles. The second-order valence-corrected chi connectivity index (χ2v) is 13.4. The number of hydrogen-bond acceptors (Lipinski definition) is 8. The normalized spacial score (nSPS) is 12.5. The first-order valence-electron chi connectivity index (χ1n) is 14.5. The molecule has 8 nitrogen and oxygen atoms in total. The monoisotopic (exact) mass is 729 g/mol. The fourth-order valence-corrected chi connectivity index (χ4v) is 6.35. The number of methoxy groups -OCH3 is 1. The molecule has 5 rings (SSSR count). The van der Waals surface area contributed by atoms with E-state index in [9.17, 15) is 8.42 Å². The number of sulfone groups is 1. The van der Waals surface area contributed by atoms with Crippen LogP contribution < -0.4 is 10.5 Å². The van der Waals surface area contributed by atoms with Gasteiger partial charge in [0.25, 0.3) is 0 Å². The van der Waals surface area contributed by atoms with Crippen LogP contribution in [0.1, 0.15) is 43.7 Å². The van der Waals surface area contributed by atoms with Crippen LogP contribution in [0, 0.1) is 32.6 Å². The number of hydrogen-bond donors (Lipinski definition) is 1. The van der Waals surface area contributed by atoms with Crippen molar-refractivity contribution in [2.45, 2.75) is 51.3 Å². The number of ether oxygens (including phenoxy) is 1. The first-order chi connectivity index (χ1) is 21.1. The number of nitrogens with zero attached hydrogens (tertiary/aromatic N) is 4. The van der Waals surface area contributed by atoms with Gasteiger partial charge >= 0.3 is 0 Å². The van der Waals surface area contributed by atoms with E-state index in [0.29, 0.717) is 4.90 Å². The molecular formula is C34H41BrN5O3SV-. The van der Waals surface area contributed by atoms with E-state index in [0.717, 1.165) is 70.4 Å². The first-order valence-corrected chi connectivity index (χ1v) is 17.0. The number of rotatable bonds is 7. The summed E-state index contributed by atoms with van der Waals surface area (Å²) in [6.45, 7) is 12.5. The maximum Gasteiger partial charge on any atom is 0.240 e. The summed E-state index contributed by atoms with van der Waals surface area (Å²) >= 11 is 3.31. The standard InChI is InChI=1S/C16H16N4O.C13H18BrNO2S.C5H7.V/c1-9-4-5-12(21-3)8-13(9)11-6-10(2)15-14(7-11)19-20-16(17)18-15;14-12-4-6-13(7-5-12)18(16,17)11-3-10-15-8-1-2-9-15;1-3-5-4-2;/h4-8H,1-3H3,(H2,17,18,20);4-7H,1-3,8-11H2;1,3H2,2H3;/q;;-1;. The quantitative estimate of drug-likeness (QED) is 0.163. The van der Waals surface area contributed by atoms with Crippen molar-refractivity contribution in [1.82, 2.24) is 20.1 Å². The number of likely N-dealkylation sites (tertiary alicyclic amines) is 1. The Morgan fingerprint density at radius 1 is 1.02 bits per heavy atom. The summed E-state index contributed by atoms with van der Waals surface area (Å²) in [5.74, 6) is 6.72. The minimum Gasteiger partial charge on any atom is -0.497 e. The average Bonchev–Trinajstić information content (AvgIpc) is 3.52. The molecule has 0 bridgehead atoms. The number of benzene rings is 3. The first kappa shape index (κ1) is 38.2. The van der Waals surface area contributed by atoms with Gasteiger partial charge in [0, 0.05) is 23.0 Å². The van der Waals surface area contributed by atoms with Gasteiger partial charge in [-0.3, -0.25) is 0 Å². The van der Waals surface area contributed by atoms with Gasteiger partial charge in [0.1, 0.15) is 11.3 Å². The van der Waals surface area contributed by atoms with Crippen LogP contribution in [0.3, 0.4) is 0 Å². The molecule has 0 atom stereocenters. The summed E-state index contributed by atoms with van der Waals surface area (Å²) in [6.07, 6.45) is 3.95. The van der Waals surface area contributed by atoms with Gasteiger partial charge in [-0.25, -0.2) is 13.4 Å². The van der Waals surface area contributed by atoms with Gasteiger partial charge in [-0.2, -0.15) is 0 Å². The molecule has 1 aromatic heterocycles. The van der Waals surface area contributed by atoms with Crippen LogP contribution in [-0.2, 0) is 28.4 Å². The van der Waals surface area contributed by atoms with E-state index < -0.39 is 9.84 Å². The van der Waals surface area contributed by atoms with Crippen LogP contribution in [0.5, 0.6) is 5.75 Å². The van der Waals surface area contributed by atoms with Crippen LogP contribution in [0.25, 0.3) is 22.2 Å². The minimum atomic E-state index is -3.12. The SMILES string of the molecule is COc1ccc(C)c(-c2cc(C)c3nc(N)nnc3c2)c1.O=S(=O)(CCCN1CCCC1)c1ccc(Br)cc1.[CH2-]CC#CC.[V]. The van der Waals surface area contributed by atoms with E-state index >= 15 is 0 Å². The molecular weight excluding hydrogens is 689 g/mol. The summed E-state index contributed by atoms with van der Waals surface area (Å²) in [5, 5.41) is 7.96. The Hall–Kier alpha value is -2.94. The van der Waals surface area contributed by atoms with Crippen LogP contribution in [-0.4, -0.2) is 61.0 Å². The fraction of sp³-hybridized carbons (Fsp3) is 0.353. The molecule has 4 aromatic rings. The summed E-state index contributed by atoms with van der Waals surface area (Å²) in [6, 6.07) is 16.9. The Morgan fingerprint density at radius 3 is 2.31 bits per heavy atom. The molecule has 1 aliphatic heterocycles. The predicted molar refractivity (Wildman–Crippen MR) is 183 cm³/mol. The van der Waals surface area contributed by atoms with Crippen LogP contribution in [0.2, 0.25) is 0 Å². The van der Waals surface area contributed by atoms with Gasteiger partial charge in [-0.15, -0.1) is 28.5 Å². The minimum absolute atomic E-state index is 0. The molecule has 11 heteroatoms. The number of halogens is 1. The molecule has 1 fully saturated rings. The zero-order valence-corrected chi connectivity index (χ0v) is 30.2. The van der Waals surface area contributed by atoms with E-state index in [-0.39, 0.29) is 30.3 Å². The van der Waals surface area contributed by atoms with Crippen LogP contribution in [0.15, 0.2) is 64.0 Å². The molecule has 239 valence electrons. The molecule has 2 heterocycles. The maximum atomic E-state index is 12.1. The number of fused-ring (bicyclic) bond motifs is 1. The van der Waals surface area contributed by atoms with Gasteiger partial charge < -0.3 is 22.3 Å². The zero-order chi connectivity index (χ0) is 32.1. The number of aryl methyl sites for hydroxylation is 2. The smallest absolute Gasteiger partial charge is 0.240 e. The third-order valence-electron chi connectivity index (χ3n) is 7.08. The van der Waals surface area contributed by atoms with Crippen molar-refractivity contribution in [3.63, 3.8) is 0 Å². The molecule has 0 spiro atoms. The van der Waals surface area contributed by atoms with Crippen molar-refractivity contribution in [2.75, 3.05) is 38.2 Å². The summed E-state index contributed by atoms with van der Waals surface area (Å²) < 4.78 is 30.4. The van der Waals surface area contributed by atoms with Crippen molar-refractivity contribution in [3.05, 3.63) is 77.1 Å². The third kappa shape index (κ3) is 11.7. The van der Waals surface area contributed by atoms with Gasteiger partial charge in [-0.1, -0.05) is 22.0 Å². The number of nitrogens with two attached hydrogens (primary N) is 1. The topological polar surface area (TPSA) is 111 Å². The molecule has 0 unspecified atom stereocenters. The summed E-state index contributed by atoms with van der Waals surface area (Å²) in [4.78, 5) is 7.01. The molecule has 45 heavy (non-hydrogen) atoms. The second kappa shape index (κ2) is 18.9. The van der Waals surface area contributed by atoms with E-state index in [2.05, 4.69) is 67.8 Å². The number of anilines is 1. The number of aromatic nitrogens is 3. The molecule has 3 aromatic carbocycles. The van der Waals surface area contributed by atoms with Crippen molar-refractivity contribution in [3.8, 4) is 28.7 Å². The molecule has 2 N–H and O–H groups in total. The van der Waals surface area contributed by atoms with E-state index in [4.69, 9.17) is 10.5 Å². The van der Waals surface area contributed by atoms with Crippen molar-refractivity contribution >= 4 is 42.7 Å². The van der Waals surface area contributed by atoms with Gasteiger partial charge in [0.15, 0.2) is 9.84 Å². The molecule has 1 saturated heterocycles. The van der Waals surface area contributed by atoms with Gasteiger partial charge in [0.2, 0.25) is 5.95 Å². The molecule has 1 aliphatic rings. The average molecular weight is 731 g/mol. The largest absolute Gasteiger partial charge is 0.497 e. The second-order valence-electron chi connectivity index (χ2n) is 10.4. The fourth-order valence-electron chi connectivity index (χ4n) is 4.79. The summed E-state index contributed by atoms with van der Waals surface area (Å²) in [7, 11) is -1.45. The van der Waals surface area contributed by atoms with Crippen LogP contribution >= 0.6 is 15.9 Å². The van der Waals surface area contributed by atoms with Gasteiger partial charge in [-0.05, 0) is 130 Å². The summed E-state index contributed by atoms with van der Waals surface area (Å²) in [5.41, 5.74) is 11.5. The van der Waals surface area contributed by atoms with Gasteiger partial charge in [0.05, 0.1) is 23.3 Å². The molecule has 0 saturated carbocycles. The Balaban J connectivity index is 0.000000270. The van der Waals surface area contributed by atoms with E-state index in [1.165, 1.54) is 18.4 Å². The van der Waals surface area contributed by atoms with Crippen molar-refractivity contribution in [2.24, 2.45) is 0 Å². The van der Waals surface area contributed by atoms with Crippen molar-refractivity contribution in [1.29, 1.82) is 0 Å². The maximum absolute atomic E-state index is 12.1. The zero-order valence-electron chi connectivity index (χ0n) is 26.4. The Morgan fingerprint density at radius 2 is 1.71 bits per heavy atom. The van der Waals surface area contributed by atoms with E-state index in [1.54, 1.807) is 31.4 Å². The third-order valence-corrected chi connectivity index (χ3v) is 9.43.